The molecule has 2 heterocycles. The molecule has 1 unspecified atom stereocenters. The third-order valence-electron chi connectivity index (χ3n) is 3.39. The molecular weight excluding hydrogens is 282 g/mol. The normalized spacial score (nSPS) is 21.7. The minimum atomic E-state index is -3.04. The zero-order valence-electron chi connectivity index (χ0n) is 11.4. The maximum absolute atomic E-state index is 11.5. The van der Waals surface area contributed by atoms with Gasteiger partial charge in [0.1, 0.15) is 0 Å². The third kappa shape index (κ3) is 4.22. The predicted octanol–water partition coefficient (Wildman–Crippen LogP) is 1.74. The molecule has 0 spiro atoms. The summed E-state index contributed by atoms with van der Waals surface area (Å²) in [5.74, 6) is 1.34. The lowest BCUT2D eigenvalue weighted by Gasteiger charge is -2.30. The molecule has 0 saturated carbocycles. The first kappa shape index (κ1) is 14.9. The van der Waals surface area contributed by atoms with Crippen LogP contribution in [0.3, 0.4) is 0 Å². The average molecular weight is 303 g/mol. The Morgan fingerprint density at radius 1 is 1.58 bits per heavy atom. The zero-order valence-corrected chi connectivity index (χ0v) is 13.1. The van der Waals surface area contributed by atoms with Gasteiger partial charge in [0.2, 0.25) is 10.0 Å². The second kappa shape index (κ2) is 6.28. The van der Waals surface area contributed by atoms with Gasteiger partial charge < -0.3 is 4.98 Å². The maximum atomic E-state index is 11.5. The van der Waals surface area contributed by atoms with E-state index in [0.29, 0.717) is 19.0 Å². The number of aryl methyl sites for hydroxylation is 1. The molecule has 5 nitrogen and oxygen atoms in total. The van der Waals surface area contributed by atoms with Gasteiger partial charge in [-0.2, -0.15) is 0 Å². The highest BCUT2D eigenvalue weighted by Crippen LogP contribution is 2.25. The standard InChI is InChI=1S/C12H21N3O2S2/c1-3-11-7-13-12(14-11)18-9-10-5-4-6-15(8-10)19(2,16)17/h7,10H,3-6,8-9H2,1-2H3,(H,13,14). The van der Waals surface area contributed by atoms with Crippen molar-refractivity contribution in [3.8, 4) is 0 Å². The number of piperidine rings is 1. The SMILES string of the molecule is CCc1cnc(SCC2CCCN(S(C)(=O)=O)C2)[nH]1. The zero-order chi connectivity index (χ0) is 13.9. The van der Waals surface area contributed by atoms with E-state index in [4.69, 9.17) is 0 Å². The highest BCUT2D eigenvalue weighted by Gasteiger charge is 2.25. The fourth-order valence-electron chi connectivity index (χ4n) is 2.25. The van der Waals surface area contributed by atoms with Gasteiger partial charge in [-0.15, -0.1) is 0 Å². The molecule has 1 aromatic rings. The van der Waals surface area contributed by atoms with Gasteiger partial charge in [0.25, 0.3) is 0 Å². The summed E-state index contributed by atoms with van der Waals surface area (Å²) in [6.45, 7) is 3.40. The van der Waals surface area contributed by atoms with Crippen molar-refractivity contribution >= 4 is 21.8 Å². The van der Waals surface area contributed by atoms with E-state index in [1.165, 1.54) is 6.26 Å². The van der Waals surface area contributed by atoms with Crippen LogP contribution < -0.4 is 0 Å². The van der Waals surface area contributed by atoms with Crippen LogP contribution in [0.1, 0.15) is 25.5 Å². The van der Waals surface area contributed by atoms with E-state index in [1.54, 1.807) is 16.1 Å². The number of thioether (sulfide) groups is 1. The quantitative estimate of drug-likeness (QED) is 0.841. The van der Waals surface area contributed by atoms with Crippen LogP contribution in [0.4, 0.5) is 0 Å². The van der Waals surface area contributed by atoms with Gasteiger partial charge in [0.05, 0.1) is 6.26 Å². The summed E-state index contributed by atoms with van der Waals surface area (Å²) >= 11 is 1.69. The first-order valence-corrected chi connectivity index (χ1v) is 9.44. The van der Waals surface area contributed by atoms with E-state index in [-0.39, 0.29) is 0 Å². The van der Waals surface area contributed by atoms with Crippen LogP contribution in [-0.4, -0.2) is 47.8 Å². The Hall–Kier alpha value is -0.530. The van der Waals surface area contributed by atoms with Crippen molar-refractivity contribution in [3.05, 3.63) is 11.9 Å². The lowest BCUT2D eigenvalue weighted by atomic mass is 10.0. The smallest absolute Gasteiger partial charge is 0.211 e. The molecule has 1 fully saturated rings. The summed E-state index contributed by atoms with van der Waals surface area (Å²) in [7, 11) is -3.04. The molecule has 1 aliphatic rings. The molecule has 7 heteroatoms. The largest absolute Gasteiger partial charge is 0.337 e. The summed E-state index contributed by atoms with van der Waals surface area (Å²) < 4.78 is 24.7. The lowest BCUT2D eigenvalue weighted by Crippen LogP contribution is -2.39. The number of imidazole rings is 1. The summed E-state index contributed by atoms with van der Waals surface area (Å²) in [6.07, 6.45) is 6.17. The number of nitrogens with zero attached hydrogens (tertiary/aromatic N) is 2. The van der Waals surface area contributed by atoms with Gasteiger partial charge in [-0.05, 0) is 25.2 Å². The van der Waals surface area contributed by atoms with Crippen molar-refractivity contribution in [2.45, 2.75) is 31.3 Å². The molecule has 19 heavy (non-hydrogen) atoms. The molecule has 108 valence electrons. The summed E-state index contributed by atoms with van der Waals surface area (Å²) in [6, 6.07) is 0. The maximum Gasteiger partial charge on any atom is 0.211 e. The van der Waals surface area contributed by atoms with Gasteiger partial charge in [0.15, 0.2) is 5.16 Å². The highest BCUT2D eigenvalue weighted by atomic mass is 32.2. The van der Waals surface area contributed by atoms with E-state index in [1.807, 2.05) is 6.20 Å². The van der Waals surface area contributed by atoms with E-state index in [2.05, 4.69) is 16.9 Å². The van der Waals surface area contributed by atoms with Gasteiger partial charge in [0, 0.05) is 30.7 Å². The van der Waals surface area contributed by atoms with Crippen molar-refractivity contribution in [2.75, 3.05) is 25.1 Å². The van der Waals surface area contributed by atoms with Crippen LogP contribution in [0.15, 0.2) is 11.4 Å². The molecule has 2 rings (SSSR count). The first-order chi connectivity index (χ1) is 8.99. The van der Waals surface area contributed by atoms with Crippen molar-refractivity contribution in [2.24, 2.45) is 5.92 Å². The Morgan fingerprint density at radius 3 is 3.00 bits per heavy atom. The number of hydrogen-bond donors (Lipinski definition) is 1. The Labute approximate surface area is 119 Å². The average Bonchev–Trinajstić information content (AvgIpc) is 2.84. The van der Waals surface area contributed by atoms with Crippen molar-refractivity contribution in [1.82, 2.24) is 14.3 Å². The second-order valence-corrected chi connectivity index (χ2v) is 8.00. The number of H-pyrrole nitrogens is 1. The highest BCUT2D eigenvalue weighted by molar-refractivity contribution is 7.99. The number of aromatic amines is 1. The number of hydrogen-bond acceptors (Lipinski definition) is 4. The number of aromatic nitrogens is 2. The second-order valence-electron chi connectivity index (χ2n) is 5.01. The van der Waals surface area contributed by atoms with E-state index < -0.39 is 10.0 Å². The molecule has 1 N–H and O–H groups in total. The Balaban J connectivity index is 1.86. The Bertz CT molecular complexity index is 513. The number of sulfonamides is 1. The fraction of sp³-hybridized carbons (Fsp3) is 0.750. The van der Waals surface area contributed by atoms with E-state index in [0.717, 1.165) is 35.9 Å². The molecule has 1 aliphatic heterocycles. The van der Waals surface area contributed by atoms with Gasteiger partial charge in [-0.1, -0.05) is 18.7 Å². The van der Waals surface area contributed by atoms with Crippen molar-refractivity contribution in [3.63, 3.8) is 0 Å². The van der Waals surface area contributed by atoms with E-state index in [9.17, 15) is 8.42 Å². The molecule has 0 radical (unpaired) electrons. The molecule has 0 bridgehead atoms. The topological polar surface area (TPSA) is 66.1 Å². The molecule has 0 aromatic carbocycles. The minimum Gasteiger partial charge on any atom is -0.337 e. The van der Waals surface area contributed by atoms with Gasteiger partial charge in [-0.25, -0.2) is 17.7 Å². The molecule has 1 aromatic heterocycles. The fourth-order valence-corrected chi connectivity index (χ4v) is 4.19. The van der Waals surface area contributed by atoms with Crippen molar-refractivity contribution < 1.29 is 8.42 Å². The monoisotopic (exact) mass is 303 g/mol. The number of nitrogens with one attached hydrogen (secondary N) is 1. The Morgan fingerprint density at radius 2 is 2.37 bits per heavy atom. The van der Waals surface area contributed by atoms with E-state index >= 15 is 0 Å². The molecule has 1 saturated heterocycles. The van der Waals surface area contributed by atoms with Crippen molar-refractivity contribution in [1.29, 1.82) is 0 Å². The first-order valence-electron chi connectivity index (χ1n) is 6.61. The van der Waals surface area contributed by atoms with Crippen LogP contribution >= 0.6 is 11.8 Å². The molecular formula is C12H21N3O2S2. The molecule has 0 aliphatic carbocycles. The Kier molecular flexibility index (Phi) is 4.92. The summed E-state index contributed by atoms with van der Waals surface area (Å²) in [4.78, 5) is 7.58. The molecule has 1 atom stereocenters. The van der Waals surface area contributed by atoms with Crippen LogP contribution in [0.2, 0.25) is 0 Å². The van der Waals surface area contributed by atoms with Crippen LogP contribution in [0.5, 0.6) is 0 Å². The predicted molar refractivity (Wildman–Crippen MR) is 77.8 cm³/mol. The number of rotatable bonds is 5. The summed E-state index contributed by atoms with van der Waals surface area (Å²) in [5.41, 5.74) is 1.14. The minimum absolute atomic E-state index is 0.420. The van der Waals surface area contributed by atoms with Crippen LogP contribution in [0.25, 0.3) is 0 Å². The van der Waals surface area contributed by atoms with Gasteiger partial charge in [-0.3, -0.25) is 0 Å². The lowest BCUT2D eigenvalue weighted by molar-refractivity contribution is 0.286. The summed E-state index contributed by atoms with van der Waals surface area (Å²) in [5, 5.41) is 0.938. The molecule has 0 amide bonds. The van der Waals surface area contributed by atoms with Crippen LogP contribution in [0, 0.1) is 5.92 Å². The van der Waals surface area contributed by atoms with Crippen LogP contribution in [-0.2, 0) is 16.4 Å². The van der Waals surface area contributed by atoms with Gasteiger partial charge >= 0.3 is 0 Å². The third-order valence-corrected chi connectivity index (χ3v) is 5.78.